The molecule has 2 aromatic carbocycles. The molecule has 2 rings (SSSR count). The molecule has 0 radical (unpaired) electrons. The van der Waals surface area contributed by atoms with Gasteiger partial charge in [0.2, 0.25) is 0 Å². The Morgan fingerprint density at radius 3 is 1.80 bits per heavy atom. The fourth-order valence-electron chi connectivity index (χ4n) is 1.69. The van der Waals surface area contributed by atoms with E-state index in [0.717, 1.165) is 12.1 Å². The van der Waals surface area contributed by atoms with Crippen LogP contribution in [0.2, 0.25) is 5.02 Å². The lowest BCUT2D eigenvalue weighted by Crippen LogP contribution is -2.17. The summed E-state index contributed by atoms with van der Waals surface area (Å²) in [6, 6.07) is 11.6. The topological polar surface area (TPSA) is 29.5 Å². The third kappa shape index (κ3) is 3.88. The highest BCUT2D eigenvalue weighted by molar-refractivity contribution is 6.30. The van der Waals surface area contributed by atoms with E-state index in [0.29, 0.717) is 16.1 Å². The lowest BCUT2D eigenvalue weighted by atomic mass is 10.0. The summed E-state index contributed by atoms with van der Waals surface area (Å²) < 4.78 is 39.8. The van der Waals surface area contributed by atoms with E-state index in [1.165, 1.54) is 12.1 Å². The molecule has 6 heteroatoms. The molecular weight excluding hydrogens is 293 g/mol. The van der Waals surface area contributed by atoms with E-state index in [4.69, 9.17) is 11.6 Å². The zero-order chi connectivity index (χ0) is 14.8. The highest BCUT2D eigenvalue weighted by atomic mass is 35.5. The average Bonchev–Trinajstić information content (AvgIpc) is 2.38. The Morgan fingerprint density at radius 1 is 0.900 bits per heavy atom. The standard InChI is InChI=1S/C14H10ClF3O2/c15-11-5-1-9(2-6-11)13(19)10-3-7-12(8-4-10)20-14(16,17)18/h1-8,13,19H. The molecule has 2 nitrogen and oxygen atoms in total. The van der Waals surface area contributed by atoms with E-state index < -0.39 is 12.5 Å². The Morgan fingerprint density at radius 2 is 1.35 bits per heavy atom. The Kier molecular flexibility index (Phi) is 4.20. The van der Waals surface area contributed by atoms with Gasteiger partial charge in [-0.25, -0.2) is 0 Å². The molecule has 0 fully saturated rings. The SMILES string of the molecule is OC(c1ccc(Cl)cc1)c1ccc(OC(F)(F)F)cc1. The summed E-state index contributed by atoms with van der Waals surface area (Å²) in [7, 11) is 0. The first-order valence-electron chi connectivity index (χ1n) is 5.64. The molecule has 0 heterocycles. The van der Waals surface area contributed by atoms with Crippen molar-refractivity contribution in [2.45, 2.75) is 12.5 Å². The number of ether oxygens (including phenoxy) is 1. The van der Waals surface area contributed by atoms with Crippen LogP contribution in [0, 0.1) is 0 Å². The fraction of sp³-hybridized carbons (Fsp3) is 0.143. The van der Waals surface area contributed by atoms with Crippen molar-refractivity contribution in [2.75, 3.05) is 0 Å². The van der Waals surface area contributed by atoms with E-state index in [9.17, 15) is 18.3 Å². The lowest BCUT2D eigenvalue weighted by Gasteiger charge is -2.13. The molecule has 0 aliphatic heterocycles. The highest BCUT2D eigenvalue weighted by Crippen LogP contribution is 2.27. The largest absolute Gasteiger partial charge is 0.573 e. The molecule has 20 heavy (non-hydrogen) atoms. The van der Waals surface area contributed by atoms with Crippen LogP contribution in [0.5, 0.6) is 5.75 Å². The molecule has 1 atom stereocenters. The Bertz CT molecular complexity index is 564. The molecular formula is C14H10ClF3O2. The van der Waals surface area contributed by atoms with E-state index in [1.54, 1.807) is 24.3 Å². The first kappa shape index (κ1) is 14.7. The zero-order valence-corrected chi connectivity index (χ0v) is 10.8. The second-order valence-corrected chi connectivity index (χ2v) is 4.51. The zero-order valence-electron chi connectivity index (χ0n) is 10.1. The summed E-state index contributed by atoms with van der Waals surface area (Å²) in [5.74, 6) is -0.329. The Labute approximate surface area is 118 Å². The summed E-state index contributed by atoms with van der Waals surface area (Å²) in [4.78, 5) is 0. The van der Waals surface area contributed by atoms with Gasteiger partial charge in [-0.1, -0.05) is 35.9 Å². The minimum Gasteiger partial charge on any atom is -0.406 e. The van der Waals surface area contributed by atoms with Crippen molar-refractivity contribution in [2.24, 2.45) is 0 Å². The number of aliphatic hydroxyl groups is 1. The third-order valence-electron chi connectivity index (χ3n) is 2.62. The normalized spacial score (nSPS) is 13.1. The maximum Gasteiger partial charge on any atom is 0.573 e. The molecule has 106 valence electrons. The molecule has 2 aromatic rings. The first-order chi connectivity index (χ1) is 9.35. The summed E-state index contributed by atoms with van der Waals surface area (Å²) in [6.45, 7) is 0. The monoisotopic (exact) mass is 302 g/mol. The van der Waals surface area contributed by atoms with Gasteiger partial charge in [0.1, 0.15) is 11.9 Å². The number of rotatable bonds is 3. The molecule has 0 amide bonds. The number of halogens is 4. The van der Waals surface area contributed by atoms with Gasteiger partial charge in [-0.05, 0) is 35.4 Å². The summed E-state index contributed by atoms with van der Waals surface area (Å²) in [5.41, 5.74) is 1.06. The van der Waals surface area contributed by atoms with E-state index in [1.807, 2.05) is 0 Å². The average molecular weight is 303 g/mol. The predicted molar refractivity (Wildman–Crippen MR) is 68.6 cm³/mol. The number of aliphatic hydroxyl groups excluding tert-OH is 1. The van der Waals surface area contributed by atoms with Crippen LogP contribution in [0.4, 0.5) is 13.2 Å². The minimum atomic E-state index is -4.73. The number of hydrogen-bond donors (Lipinski definition) is 1. The fourth-order valence-corrected chi connectivity index (χ4v) is 1.82. The van der Waals surface area contributed by atoms with Crippen LogP contribution in [0.25, 0.3) is 0 Å². The van der Waals surface area contributed by atoms with Gasteiger partial charge in [0.15, 0.2) is 0 Å². The van der Waals surface area contributed by atoms with Gasteiger partial charge in [-0.2, -0.15) is 0 Å². The molecule has 0 aromatic heterocycles. The third-order valence-corrected chi connectivity index (χ3v) is 2.87. The summed E-state index contributed by atoms with van der Waals surface area (Å²) in [6.07, 6.45) is -5.66. The maximum atomic E-state index is 12.0. The van der Waals surface area contributed by atoms with Gasteiger partial charge < -0.3 is 9.84 Å². The van der Waals surface area contributed by atoms with E-state index in [2.05, 4.69) is 4.74 Å². The van der Waals surface area contributed by atoms with Crippen LogP contribution in [-0.4, -0.2) is 11.5 Å². The molecule has 0 aliphatic carbocycles. The van der Waals surface area contributed by atoms with Gasteiger partial charge in [0.25, 0.3) is 0 Å². The second-order valence-electron chi connectivity index (χ2n) is 4.07. The summed E-state index contributed by atoms with van der Waals surface area (Å²) in [5, 5.41) is 10.6. The molecule has 0 spiro atoms. The van der Waals surface area contributed by atoms with Crippen molar-refractivity contribution in [1.82, 2.24) is 0 Å². The molecule has 0 saturated carbocycles. The highest BCUT2D eigenvalue weighted by Gasteiger charge is 2.31. The maximum absolute atomic E-state index is 12.0. The first-order valence-corrected chi connectivity index (χ1v) is 6.02. The van der Waals surface area contributed by atoms with E-state index >= 15 is 0 Å². The van der Waals surface area contributed by atoms with Crippen LogP contribution < -0.4 is 4.74 Å². The van der Waals surface area contributed by atoms with E-state index in [-0.39, 0.29) is 5.75 Å². The van der Waals surface area contributed by atoms with Gasteiger partial charge in [-0.3, -0.25) is 0 Å². The minimum absolute atomic E-state index is 0.329. The summed E-state index contributed by atoms with van der Waals surface area (Å²) >= 11 is 5.74. The molecule has 0 bridgehead atoms. The smallest absolute Gasteiger partial charge is 0.406 e. The molecule has 1 unspecified atom stereocenters. The van der Waals surface area contributed by atoms with Crippen molar-refractivity contribution in [3.63, 3.8) is 0 Å². The second kappa shape index (κ2) is 5.73. The number of benzene rings is 2. The lowest BCUT2D eigenvalue weighted by molar-refractivity contribution is -0.274. The van der Waals surface area contributed by atoms with Crippen molar-refractivity contribution < 1.29 is 23.0 Å². The van der Waals surface area contributed by atoms with Crippen LogP contribution in [0.15, 0.2) is 48.5 Å². The van der Waals surface area contributed by atoms with Gasteiger partial charge >= 0.3 is 6.36 Å². The predicted octanol–water partition coefficient (Wildman–Crippen LogP) is 4.32. The Balaban J connectivity index is 2.15. The van der Waals surface area contributed by atoms with Crippen molar-refractivity contribution >= 4 is 11.6 Å². The van der Waals surface area contributed by atoms with Crippen LogP contribution in [-0.2, 0) is 0 Å². The van der Waals surface area contributed by atoms with Crippen LogP contribution >= 0.6 is 11.6 Å². The molecule has 1 N–H and O–H groups in total. The molecule has 0 saturated heterocycles. The quantitative estimate of drug-likeness (QED) is 0.915. The van der Waals surface area contributed by atoms with Crippen LogP contribution in [0.1, 0.15) is 17.2 Å². The van der Waals surface area contributed by atoms with Crippen molar-refractivity contribution in [1.29, 1.82) is 0 Å². The van der Waals surface area contributed by atoms with Gasteiger partial charge in [0, 0.05) is 5.02 Å². The van der Waals surface area contributed by atoms with Gasteiger partial charge in [-0.15, -0.1) is 13.2 Å². The van der Waals surface area contributed by atoms with Crippen molar-refractivity contribution in [3.8, 4) is 5.75 Å². The number of alkyl halides is 3. The Hall–Kier alpha value is -1.72. The van der Waals surface area contributed by atoms with Crippen LogP contribution in [0.3, 0.4) is 0 Å². The van der Waals surface area contributed by atoms with Crippen molar-refractivity contribution in [3.05, 3.63) is 64.7 Å². The number of hydrogen-bond acceptors (Lipinski definition) is 2. The van der Waals surface area contributed by atoms with Gasteiger partial charge in [0.05, 0.1) is 0 Å². The molecule has 0 aliphatic rings.